The number of nitrogens with zero attached hydrogens (tertiary/aromatic N) is 1. The maximum atomic E-state index is 8.74. The molecule has 1 aliphatic rings. The summed E-state index contributed by atoms with van der Waals surface area (Å²) in [5.74, 6) is 0.711. The van der Waals surface area contributed by atoms with Gasteiger partial charge < -0.3 is 15.6 Å². The summed E-state index contributed by atoms with van der Waals surface area (Å²) in [6.07, 6.45) is 10.7. The molecule has 0 saturated carbocycles. The van der Waals surface area contributed by atoms with Gasteiger partial charge in [-0.05, 0) is 6.42 Å². The van der Waals surface area contributed by atoms with Crippen molar-refractivity contribution in [1.82, 2.24) is 4.67 Å². The van der Waals surface area contributed by atoms with Crippen molar-refractivity contribution >= 4 is 11.9 Å². The summed E-state index contributed by atoms with van der Waals surface area (Å²) >= 11 is 0. The van der Waals surface area contributed by atoms with Gasteiger partial charge in [0.05, 0.1) is 12.7 Å². The molecule has 1 unspecified atom stereocenters. The Bertz CT molecular complexity index is 331. The fourth-order valence-corrected chi connectivity index (χ4v) is 1.99. The third-order valence-electron chi connectivity index (χ3n) is 3.04. The molecule has 1 atom stereocenters. The number of unbranched alkanes of at least 4 members (excludes halogenated alkanes) is 4. The Morgan fingerprint density at radius 3 is 2.83 bits per heavy atom. The number of hydrogen-bond acceptors (Lipinski definition) is 3. The lowest BCUT2D eigenvalue weighted by Crippen LogP contribution is -2.37. The Labute approximate surface area is 109 Å². The van der Waals surface area contributed by atoms with Crippen LogP contribution in [0.2, 0.25) is 0 Å². The van der Waals surface area contributed by atoms with Crippen LogP contribution < -0.4 is 10.4 Å². The molecule has 0 bridgehead atoms. The van der Waals surface area contributed by atoms with E-state index in [1.807, 2.05) is 0 Å². The van der Waals surface area contributed by atoms with Crippen molar-refractivity contribution in [1.29, 1.82) is 0 Å². The van der Waals surface area contributed by atoms with Gasteiger partial charge in [-0.3, -0.25) is 0 Å². The van der Waals surface area contributed by atoms with E-state index in [1.54, 1.807) is 12.3 Å². The van der Waals surface area contributed by atoms with Crippen molar-refractivity contribution in [3.8, 4) is 0 Å². The molecule has 0 radical (unpaired) electrons. The van der Waals surface area contributed by atoms with Crippen molar-refractivity contribution in [3.05, 3.63) is 11.8 Å². The first-order valence-electron chi connectivity index (χ1n) is 6.88. The summed E-state index contributed by atoms with van der Waals surface area (Å²) in [5.41, 5.74) is 7.07. The average molecular weight is 253 g/mol. The van der Waals surface area contributed by atoms with Gasteiger partial charge >= 0.3 is 5.71 Å². The minimum Gasteiger partial charge on any atom is -0.493 e. The SMILES string of the molecule is CCCCCCCC1=[N+]=CC=C(OCCO)C1N. The van der Waals surface area contributed by atoms with Crippen LogP contribution in [0.25, 0.3) is 0 Å². The molecule has 0 aromatic rings. The zero-order valence-corrected chi connectivity index (χ0v) is 11.3. The molecule has 4 nitrogen and oxygen atoms in total. The summed E-state index contributed by atoms with van der Waals surface area (Å²) in [6, 6.07) is -0.243. The molecule has 0 amide bonds. The lowest BCUT2D eigenvalue weighted by molar-refractivity contribution is 0.140. The highest BCUT2D eigenvalue weighted by atomic mass is 16.5. The quantitative estimate of drug-likeness (QED) is 0.478. The van der Waals surface area contributed by atoms with Crippen LogP contribution in [0.5, 0.6) is 0 Å². The predicted octanol–water partition coefficient (Wildman–Crippen LogP) is 1.16. The van der Waals surface area contributed by atoms with E-state index in [9.17, 15) is 0 Å². The lowest BCUT2D eigenvalue weighted by Gasteiger charge is -2.13. The van der Waals surface area contributed by atoms with Gasteiger partial charge in [-0.15, -0.1) is 0 Å². The third-order valence-corrected chi connectivity index (χ3v) is 3.04. The monoisotopic (exact) mass is 253 g/mol. The normalized spacial score (nSPS) is 18.5. The molecule has 0 aliphatic carbocycles. The largest absolute Gasteiger partial charge is 0.493 e. The van der Waals surface area contributed by atoms with Crippen LogP contribution in [0.1, 0.15) is 45.4 Å². The summed E-state index contributed by atoms with van der Waals surface area (Å²) in [7, 11) is 0. The van der Waals surface area contributed by atoms with E-state index in [2.05, 4.69) is 11.6 Å². The van der Waals surface area contributed by atoms with Crippen molar-refractivity contribution in [2.45, 2.75) is 51.5 Å². The van der Waals surface area contributed by atoms with Gasteiger partial charge in [-0.25, -0.2) is 0 Å². The molecular formula is C14H25N2O2+. The van der Waals surface area contributed by atoms with Crippen LogP contribution in [-0.2, 0) is 4.74 Å². The van der Waals surface area contributed by atoms with Crippen LogP contribution >= 0.6 is 0 Å². The van der Waals surface area contributed by atoms with Gasteiger partial charge in [-0.2, -0.15) is 0 Å². The lowest BCUT2D eigenvalue weighted by atomic mass is 10.0. The number of rotatable bonds is 9. The second-order valence-electron chi connectivity index (χ2n) is 4.55. The van der Waals surface area contributed by atoms with Crippen molar-refractivity contribution in [2.75, 3.05) is 13.2 Å². The second-order valence-corrected chi connectivity index (χ2v) is 4.55. The van der Waals surface area contributed by atoms with Gasteiger partial charge in [-0.1, -0.05) is 37.3 Å². The molecule has 0 aromatic carbocycles. The van der Waals surface area contributed by atoms with Crippen LogP contribution in [0.15, 0.2) is 11.8 Å². The molecule has 3 N–H and O–H groups in total. The van der Waals surface area contributed by atoms with Crippen LogP contribution in [0.3, 0.4) is 0 Å². The van der Waals surface area contributed by atoms with E-state index in [-0.39, 0.29) is 19.3 Å². The zero-order chi connectivity index (χ0) is 13.2. The molecule has 0 fully saturated rings. The smallest absolute Gasteiger partial charge is 0.304 e. The Kier molecular flexibility index (Phi) is 7.42. The van der Waals surface area contributed by atoms with E-state index in [1.165, 1.54) is 25.7 Å². The molecule has 18 heavy (non-hydrogen) atoms. The van der Waals surface area contributed by atoms with Crippen molar-refractivity contribution in [3.63, 3.8) is 0 Å². The highest BCUT2D eigenvalue weighted by Gasteiger charge is 2.27. The number of aliphatic hydroxyl groups excluding tert-OH is 1. The van der Waals surface area contributed by atoms with Crippen LogP contribution in [0, 0.1) is 0 Å². The highest BCUT2D eigenvalue weighted by molar-refractivity contribution is 5.96. The van der Waals surface area contributed by atoms with E-state index in [0.29, 0.717) is 5.76 Å². The average Bonchev–Trinajstić information content (AvgIpc) is 2.39. The Morgan fingerprint density at radius 2 is 2.11 bits per heavy atom. The summed E-state index contributed by atoms with van der Waals surface area (Å²) in [6.45, 7) is 2.51. The molecule has 0 saturated heterocycles. The summed E-state index contributed by atoms with van der Waals surface area (Å²) in [5, 5.41) is 8.74. The van der Waals surface area contributed by atoms with Crippen LogP contribution in [-0.4, -0.2) is 36.3 Å². The van der Waals surface area contributed by atoms with E-state index in [0.717, 1.165) is 18.6 Å². The molecule has 4 heteroatoms. The maximum Gasteiger partial charge on any atom is 0.304 e. The molecule has 1 heterocycles. The Morgan fingerprint density at radius 1 is 1.33 bits per heavy atom. The maximum absolute atomic E-state index is 8.74. The Balaban J connectivity index is 2.32. The number of hydrogen-bond donors (Lipinski definition) is 2. The molecule has 0 spiro atoms. The van der Waals surface area contributed by atoms with Gasteiger partial charge in [0.15, 0.2) is 6.04 Å². The van der Waals surface area contributed by atoms with Gasteiger partial charge in [0.1, 0.15) is 12.4 Å². The Hall–Kier alpha value is -1.09. The van der Waals surface area contributed by atoms with Crippen LogP contribution in [0.4, 0.5) is 0 Å². The highest BCUT2D eigenvalue weighted by Crippen LogP contribution is 2.11. The fourth-order valence-electron chi connectivity index (χ4n) is 1.99. The predicted molar refractivity (Wildman–Crippen MR) is 75.7 cm³/mol. The number of nitrogens with two attached hydrogens (primary N) is 1. The van der Waals surface area contributed by atoms with Gasteiger partial charge in [0.25, 0.3) is 6.21 Å². The molecular weight excluding hydrogens is 228 g/mol. The molecule has 102 valence electrons. The number of aliphatic hydroxyl groups is 1. The van der Waals surface area contributed by atoms with Crippen molar-refractivity contribution < 1.29 is 9.84 Å². The van der Waals surface area contributed by atoms with E-state index >= 15 is 0 Å². The minimum atomic E-state index is -0.243. The first-order valence-corrected chi connectivity index (χ1v) is 6.88. The standard InChI is InChI=1S/C14H25N2O2/c1-2-3-4-5-6-7-12-14(15)13(8-9-16-12)18-11-10-17/h8-9,14,17H,2-7,10-11,15H2,1H3/q+1. The third kappa shape index (κ3) is 5.05. The zero-order valence-electron chi connectivity index (χ0n) is 11.3. The first kappa shape index (κ1) is 15.0. The topological polar surface area (TPSA) is 69.6 Å². The van der Waals surface area contributed by atoms with Crippen molar-refractivity contribution in [2.24, 2.45) is 5.73 Å². The summed E-state index contributed by atoms with van der Waals surface area (Å²) in [4.78, 5) is 0. The molecule has 1 rings (SSSR count). The minimum absolute atomic E-state index is 0.00749. The van der Waals surface area contributed by atoms with Gasteiger partial charge in [0, 0.05) is 6.42 Å². The first-order chi connectivity index (χ1) is 8.79. The fraction of sp³-hybridized carbons (Fsp3) is 0.714. The van der Waals surface area contributed by atoms with Gasteiger partial charge in [0.2, 0.25) is 0 Å². The van der Waals surface area contributed by atoms with E-state index < -0.39 is 0 Å². The number of ether oxygens (including phenoxy) is 1. The van der Waals surface area contributed by atoms with E-state index in [4.69, 9.17) is 15.6 Å². The summed E-state index contributed by atoms with van der Waals surface area (Å²) < 4.78 is 9.73. The second kappa shape index (κ2) is 8.92. The molecule has 1 aliphatic heterocycles. The number of allylic oxidation sites excluding steroid dienone is 1. The molecule has 0 aromatic heterocycles.